The summed E-state index contributed by atoms with van der Waals surface area (Å²) in [4.78, 5) is 13.0. The second kappa shape index (κ2) is 7.55. The van der Waals surface area contributed by atoms with Crippen LogP contribution in [0.3, 0.4) is 0 Å². The Kier molecular flexibility index (Phi) is 5.43. The SMILES string of the molecule is CCCNc1cc(-c2ccncc2)nc(COCC)n1. The second-order valence-corrected chi connectivity index (χ2v) is 4.35. The molecule has 0 aliphatic heterocycles. The summed E-state index contributed by atoms with van der Waals surface area (Å²) in [5.41, 5.74) is 1.91. The van der Waals surface area contributed by atoms with Gasteiger partial charge in [-0.2, -0.15) is 0 Å². The van der Waals surface area contributed by atoms with Gasteiger partial charge in [-0.15, -0.1) is 0 Å². The number of pyridine rings is 1. The molecule has 1 N–H and O–H groups in total. The fourth-order valence-corrected chi connectivity index (χ4v) is 1.77. The monoisotopic (exact) mass is 272 g/mol. The van der Waals surface area contributed by atoms with Crippen molar-refractivity contribution >= 4 is 5.82 Å². The van der Waals surface area contributed by atoms with E-state index in [1.807, 2.05) is 25.1 Å². The van der Waals surface area contributed by atoms with Crippen LogP contribution in [-0.4, -0.2) is 28.1 Å². The van der Waals surface area contributed by atoms with Gasteiger partial charge in [0.2, 0.25) is 0 Å². The van der Waals surface area contributed by atoms with Crippen molar-refractivity contribution in [2.45, 2.75) is 26.9 Å². The maximum absolute atomic E-state index is 5.40. The number of aromatic nitrogens is 3. The zero-order valence-electron chi connectivity index (χ0n) is 12.0. The van der Waals surface area contributed by atoms with Gasteiger partial charge >= 0.3 is 0 Å². The van der Waals surface area contributed by atoms with Gasteiger partial charge in [0.05, 0.1) is 5.69 Å². The van der Waals surface area contributed by atoms with Gasteiger partial charge in [-0.3, -0.25) is 4.98 Å². The molecule has 5 heteroatoms. The van der Waals surface area contributed by atoms with E-state index < -0.39 is 0 Å². The van der Waals surface area contributed by atoms with Crippen LogP contribution >= 0.6 is 0 Å². The van der Waals surface area contributed by atoms with Gasteiger partial charge in [-0.1, -0.05) is 6.92 Å². The molecule has 0 fully saturated rings. The molecule has 2 aromatic rings. The molecule has 0 saturated heterocycles. The minimum atomic E-state index is 0.427. The first-order valence-corrected chi connectivity index (χ1v) is 6.93. The average Bonchev–Trinajstić information content (AvgIpc) is 2.51. The molecule has 20 heavy (non-hydrogen) atoms. The number of nitrogens with zero attached hydrogens (tertiary/aromatic N) is 3. The standard InChI is InChI=1S/C15H20N4O/c1-3-7-17-14-10-13(12-5-8-16-9-6-12)18-15(19-14)11-20-4-2/h5-6,8-10H,3-4,7,11H2,1-2H3,(H,17,18,19). The van der Waals surface area contributed by atoms with Crippen molar-refractivity contribution in [2.24, 2.45) is 0 Å². The van der Waals surface area contributed by atoms with E-state index in [1.165, 1.54) is 0 Å². The summed E-state index contributed by atoms with van der Waals surface area (Å²) in [6.07, 6.45) is 4.58. The third kappa shape index (κ3) is 3.99. The summed E-state index contributed by atoms with van der Waals surface area (Å²) in [6, 6.07) is 5.84. The highest BCUT2D eigenvalue weighted by atomic mass is 16.5. The van der Waals surface area contributed by atoms with Crippen LogP contribution in [0.15, 0.2) is 30.6 Å². The Labute approximate surface area is 119 Å². The van der Waals surface area contributed by atoms with Crippen LogP contribution in [0.4, 0.5) is 5.82 Å². The number of rotatable bonds is 7. The first kappa shape index (κ1) is 14.4. The highest BCUT2D eigenvalue weighted by Gasteiger charge is 2.06. The molecule has 0 spiro atoms. The number of hydrogen-bond acceptors (Lipinski definition) is 5. The Bertz CT molecular complexity index is 504. The van der Waals surface area contributed by atoms with Crippen molar-refractivity contribution in [3.63, 3.8) is 0 Å². The molecule has 0 saturated carbocycles. The minimum absolute atomic E-state index is 0.427. The largest absolute Gasteiger partial charge is 0.374 e. The molecule has 106 valence electrons. The van der Waals surface area contributed by atoms with Gasteiger partial charge in [0.1, 0.15) is 12.4 Å². The lowest BCUT2D eigenvalue weighted by Gasteiger charge is -2.09. The predicted molar refractivity (Wildman–Crippen MR) is 79.4 cm³/mol. The van der Waals surface area contributed by atoms with Crippen LogP contribution in [0.25, 0.3) is 11.3 Å². The summed E-state index contributed by atoms with van der Waals surface area (Å²) < 4.78 is 5.40. The van der Waals surface area contributed by atoms with Crippen LogP contribution in [-0.2, 0) is 11.3 Å². The number of anilines is 1. The summed E-state index contributed by atoms with van der Waals surface area (Å²) >= 11 is 0. The molecule has 0 unspecified atom stereocenters. The van der Waals surface area contributed by atoms with Gasteiger partial charge in [0.25, 0.3) is 0 Å². The number of ether oxygens (including phenoxy) is 1. The molecule has 2 aromatic heterocycles. The first-order valence-electron chi connectivity index (χ1n) is 6.93. The molecule has 2 heterocycles. The lowest BCUT2D eigenvalue weighted by Crippen LogP contribution is -2.07. The summed E-state index contributed by atoms with van der Waals surface area (Å²) in [6.45, 7) is 6.06. The van der Waals surface area contributed by atoms with E-state index in [-0.39, 0.29) is 0 Å². The molecule has 2 rings (SSSR count). The molecule has 0 amide bonds. The Morgan fingerprint density at radius 1 is 1.15 bits per heavy atom. The molecule has 0 aromatic carbocycles. The van der Waals surface area contributed by atoms with Crippen molar-refractivity contribution in [3.8, 4) is 11.3 Å². The summed E-state index contributed by atoms with van der Waals surface area (Å²) in [5, 5.41) is 3.30. The van der Waals surface area contributed by atoms with Gasteiger partial charge in [-0.25, -0.2) is 9.97 Å². The van der Waals surface area contributed by atoms with E-state index >= 15 is 0 Å². The zero-order chi connectivity index (χ0) is 14.2. The highest BCUT2D eigenvalue weighted by Crippen LogP contribution is 2.19. The van der Waals surface area contributed by atoms with Crippen molar-refractivity contribution in [1.82, 2.24) is 15.0 Å². The molecular weight excluding hydrogens is 252 g/mol. The van der Waals surface area contributed by atoms with Gasteiger partial charge < -0.3 is 10.1 Å². The first-order chi connectivity index (χ1) is 9.83. The fourth-order valence-electron chi connectivity index (χ4n) is 1.77. The normalized spacial score (nSPS) is 10.5. The molecule has 5 nitrogen and oxygen atoms in total. The molecule has 0 atom stereocenters. The summed E-state index contributed by atoms with van der Waals surface area (Å²) in [7, 11) is 0. The van der Waals surface area contributed by atoms with Crippen LogP contribution in [0.1, 0.15) is 26.1 Å². The maximum Gasteiger partial charge on any atom is 0.157 e. The average molecular weight is 272 g/mol. The Balaban J connectivity index is 2.29. The van der Waals surface area contributed by atoms with E-state index in [2.05, 4.69) is 27.2 Å². The molecule has 0 bridgehead atoms. The number of nitrogens with one attached hydrogen (secondary N) is 1. The zero-order valence-corrected chi connectivity index (χ0v) is 12.0. The van der Waals surface area contributed by atoms with E-state index in [9.17, 15) is 0 Å². The molecule has 0 aliphatic carbocycles. The predicted octanol–water partition coefficient (Wildman–Crippen LogP) is 2.90. The molecule has 0 radical (unpaired) electrons. The Morgan fingerprint density at radius 2 is 1.95 bits per heavy atom. The van der Waals surface area contributed by atoms with E-state index in [0.717, 1.165) is 30.0 Å². The van der Waals surface area contributed by atoms with Gasteiger partial charge in [-0.05, 0) is 25.5 Å². The molecule has 0 aliphatic rings. The fraction of sp³-hybridized carbons (Fsp3) is 0.400. The van der Waals surface area contributed by atoms with Gasteiger partial charge in [0, 0.05) is 37.2 Å². The Hall–Kier alpha value is -2.01. The van der Waals surface area contributed by atoms with E-state index in [4.69, 9.17) is 4.74 Å². The number of hydrogen-bond donors (Lipinski definition) is 1. The third-order valence-corrected chi connectivity index (χ3v) is 2.74. The van der Waals surface area contributed by atoms with Crippen molar-refractivity contribution in [2.75, 3.05) is 18.5 Å². The molecular formula is C15H20N4O. The van der Waals surface area contributed by atoms with Crippen molar-refractivity contribution in [1.29, 1.82) is 0 Å². The highest BCUT2D eigenvalue weighted by molar-refractivity contribution is 5.61. The summed E-state index contributed by atoms with van der Waals surface area (Å²) in [5.74, 6) is 1.53. The van der Waals surface area contributed by atoms with Crippen molar-refractivity contribution in [3.05, 3.63) is 36.4 Å². The van der Waals surface area contributed by atoms with E-state index in [0.29, 0.717) is 19.0 Å². The Morgan fingerprint density at radius 3 is 2.65 bits per heavy atom. The second-order valence-electron chi connectivity index (χ2n) is 4.35. The van der Waals surface area contributed by atoms with Crippen LogP contribution in [0, 0.1) is 0 Å². The van der Waals surface area contributed by atoms with Crippen molar-refractivity contribution < 1.29 is 4.74 Å². The lowest BCUT2D eigenvalue weighted by atomic mass is 10.2. The smallest absolute Gasteiger partial charge is 0.157 e. The maximum atomic E-state index is 5.40. The van der Waals surface area contributed by atoms with Crippen LogP contribution < -0.4 is 5.32 Å². The topological polar surface area (TPSA) is 59.9 Å². The van der Waals surface area contributed by atoms with Crippen LogP contribution in [0.2, 0.25) is 0 Å². The lowest BCUT2D eigenvalue weighted by molar-refractivity contribution is 0.128. The third-order valence-electron chi connectivity index (χ3n) is 2.74. The van der Waals surface area contributed by atoms with Gasteiger partial charge in [0.15, 0.2) is 5.82 Å². The quantitative estimate of drug-likeness (QED) is 0.839. The van der Waals surface area contributed by atoms with Crippen LogP contribution in [0.5, 0.6) is 0 Å². The van der Waals surface area contributed by atoms with E-state index in [1.54, 1.807) is 12.4 Å². The minimum Gasteiger partial charge on any atom is -0.374 e.